The van der Waals surface area contributed by atoms with Crippen molar-refractivity contribution in [2.45, 2.75) is 30.6 Å². The van der Waals surface area contributed by atoms with Gasteiger partial charge in [-0.3, -0.25) is 4.79 Å². The van der Waals surface area contributed by atoms with Gasteiger partial charge in [-0.25, -0.2) is 4.98 Å². The number of benzene rings is 2. The SMILES string of the molecule is O=C(CSc1ccc2c(c1)CCC2)N1CCCN(c2nc3ccccc3[nH]2)CC1. The van der Waals surface area contributed by atoms with Crippen LogP contribution in [-0.2, 0) is 17.6 Å². The van der Waals surface area contributed by atoms with Crippen molar-refractivity contribution in [1.82, 2.24) is 14.9 Å². The summed E-state index contributed by atoms with van der Waals surface area (Å²) in [5.41, 5.74) is 5.01. The molecule has 0 atom stereocenters. The Balaban J connectivity index is 1.18. The molecule has 1 aliphatic heterocycles. The maximum absolute atomic E-state index is 12.8. The highest BCUT2D eigenvalue weighted by Crippen LogP contribution is 2.28. The molecule has 1 aliphatic carbocycles. The lowest BCUT2D eigenvalue weighted by Gasteiger charge is -2.21. The number of thioether (sulfide) groups is 1. The fraction of sp³-hybridized carbons (Fsp3) is 0.391. The number of nitrogens with zero attached hydrogens (tertiary/aromatic N) is 3. The third-order valence-electron chi connectivity index (χ3n) is 5.96. The predicted octanol–water partition coefficient (Wildman–Crippen LogP) is 3.88. The van der Waals surface area contributed by atoms with E-state index in [1.54, 1.807) is 11.8 Å². The zero-order valence-electron chi connectivity index (χ0n) is 16.6. The topological polar surface area (TPSA) is 52.2 Å². The minimum absolute atomic E-state index is 0.238. The van der Waals surface area contributed by atoms with Crippen LogP contribution in [0.25, 0.3) is 11.0 Å². The van der Waals surface area contributed by atoms with Crippen molar-refractivity contribution in [2.75, 3.05) is 36.8 Å². The van der Waals surface area contributed by atoms with E-state index >= 15 is 0 Å². The van der Waals surface area contributed by atoms with Crippen molar-refractivity contribution < 1.29 is 4.79 Å². The van der Waals surface area contributed by atoms with E-state index in [0.29, 0.717) is 5.75 Å². The molecule has 5 rings (SSSR count). The lowest BCUT2D eigenvalue weighted by atomic mass is 10.1. The van der Waals surface area contributed by atoms with Crippen LogP contribution in [0.3, 0.4) is 0 Å². The first kappa shape index (κ1) is 18.6. The van der Waals surface area contributed by atoms with Crippen molar-refractivity contribution in [3.05, 3.63) is 53.6 Å². The number of aromatic amines is 1. The quantitative estimate of drug-likeness (QED) is 0.668. The molecule has 1 N–H and O–H groups in total. The summed E-state index contributed by atoms with van der Waals surface area (Å²) in [5.74, 6) is 1.67. The van der Waals surface area contributed by atoms with Gasteiger partial charge < -0.3 is 14.8 Å². The molecule has 1 fully saturated rings. The van der Waals surface area contributed by atoms with Crippen molar-refractivity contribution in [1.29, 1.82) is 0 Å². The summed E-state index contributed by atoms with van der Waals surface area (Å²) >= 11 is 1.67. The van der Waals surface area contributed by atoms with E-state index in [4.69, 9.17) is 4.98 Å². The number of aryl methyl sites for hydroxylation is 2. The average molecular weight is 407 g/mol. The standard InChI is InChI=1S/C23H26N4OS/c28-22(16-29-19-10-9-17-5-3-6-18(17)15-19)26-11-4-12-27(14-13-26)23-24-20-7-1-2-8-21(20)25-23/h1-2,7-10,15H,3-6,11-14,16H2,(H,24,25). The number of anilines is 1. The number of aromatic nitrogens is 2. The second-order valence-electron chi connectivity index (χ2n) is 7.87. The highest BCUT2D eigenvalue weighted by Gasteiger charge is 2.21. The number of nitrogens with one attached hydrogen (secondary N) is 1. The molecule has 0 saturated carbocycles. The van der Waals surface area contributed by atoms with Crippen molar-refractivity contribution in [3.63, 3.8) is 0 Å². The molecule has 29 heavy (non-hydrogen) atoms. The van der Waals surface area contributed by atoms with Gasteiger partial charge in [0.25, 0.3) is 0 Å². The fourth-order valence-corrected chi connectivity index (χ4v) is 5.20. The summed E-state index contributed by atoms with van der Waals surface area (Å²) in [7, 11) is 0. The summed E-state index contributed by atoms with van der Waals surface area (Å²) in [6.45, 7) is 3.30. The molecule has 1 saturated heterocycles. The van der Waals surface area contributed by atoms with Crippen molar-refractivity contribution in [2.24, 2.45) is 0 Å². The lowest BCUT2D eigenvalue weighted by molar-refractivity contribution is -0.128. The summed E-state index contributed by atoms with van der Waals surface area (Å²) in [4.78, 5) is 26.4. The molecule has 1 amide bonds. The monoisotopic (exact) mass is 406 g/mol. The molecule has 5 nitrogen and oxygen atoms in total. The zero-order valence-corrected chi connectivity index (χ0v) is 17.4. The second-order valence-corrected chi connectivity index (χ2v) is 8.92. The summed E-state index contributed by atoms with van der Waals surface area (Å²) < 4.78 is 0. The molecular weight excluding hydrogens is 380 g/mol. The molecule has 0 radical (unpaired) electrons. The van der Waals surface area contributed by atoms with Gasteiger partial charge >= 0.3 is 0 Å². The van der Waals surface area contributed by atoms with E-state index in [0.717, 1.165) is 49.6 Å². The van der Waals surface area contributed by atoms with E-state index in [-0.39, 0.29) is 5.91 Å². The molecule has 2 heterocycles. The first-order chi connectivity index (χ1) is 14.3. The highest BCUT2D eigenvalue weighted by molar-refractivity contribution is 8.00. The number of carbonyl (C=O) groups excluding carboxylic acids is 1. The van der Waals surface area contributed by atoms with Crippen LogP contribution in [0.5, 0.6) is 0 Å². The van der Waals surface area contributed by atoms with Gasteiger partial charge in [-0.2, -0.15) is 0 Å². The van der Waals surface area contributed by atoms with Gasteiger partial charge in [0.1, 0.15) is 0 Å². The number of hydrogen-bond acceptors (Lipinski definition) is 4. The maximum Gasteiger partial charge on any atom is 0.232 e. The van der Waals surface area contributed by atoms with Crippen molar-refractivity contribution >= 4 is 34.7 Å². The number of H-pyrrole nitrogens is 1. The smallest absolute Gasteiger partial charge is 0.232 e. The molecule has 1 aromatic heterocycles. The zero-order chi connectivity index (χ0) is 19.6. The Morgan fingerprint density at radius 3 is 2.83 bits per heavy atom. The number of fused-ring (bicyclic) bond motifs is 2. The number of carbonyl (C=O) groups is 1. The first-order valence-electron chi connectivity index (χ1n) is 10.5. The maximum atomic E-state index is 12.8. The third-order valence-corrected chi connectivity index (χ3v) is 6.94. The Labute approximate surface area is 175 Å². The number of para-hydroxylation sites is 2. The van der Waals surface area contributed by atoms with E-state index in [1.807, 2.05) is 23.1 Å². The Morgan fingerprint density at radius 1 is 1.00 bits per heavy atom. The molecule has 0 spiro atoms. The van der Waals surface area contributed by atoms with Crippen LogP contribution in [0.4, 0.5) is 5.95 Å². The van der Waals surface area contributed by atoms with E-state index < -0.39 is 0 Å². The summed E-state index contributed by atoms with van der Waals surface area (Å²) in [6, 6.07) is 14.8. The second kappa shape index (κ2) is 8.11. The van der Waals surface area contributed by atoms with E-state index in [2.05, 4.69) is 34.1 Å². The van der Waals surface area contributed by atoms with Crippen LogP contribution in [0, 0.1) is 0 Å². The van der Waals surface area contributed by atoms with Gasteiger partial charge in [0, 0.05) is 31.1 Å². The number of amides is 1. The third kappa shape index (κ3) is 3.99. The Kier molecular flexibility index (Phi) is 5.19. The lowest BCUT2D eigenvalue weighted by Crippen LogP contribution is -2.36. The number of rotatable bonds is 4. The van der Waals surface area contributed by atoms with E-state index in [9.17, 15) is 4.79 Å². The van der Waals surface area contributed by atoms with Crippen LogP contribution in [0.2, 0.25) is 0 Å². The Hall–Kier alpha value is -2.47. The largest absolute Gasteiger partial charge is 0.341 e. The van der Waals surface area contributed by atoms with Gasteiger partial charge in [-0.15, -0.1) is 11.8 Å². The number of imidazole rings is 1. The van der Waals surface area contributed by atoms with Crippen LogP contribution in [0.15, 0.2) is 47.4 Å². The fourth-order valence-electron chi connectivity index (χ4n) is 4.34. The molecule has 2 aromatic carbocycles. The molecule has 3 aromatic rings. The van der Waals surface area contributed by atoms with Crippen molar-refractivity contribution in [3.8, 4) is 0 Å². The minimum Gasteiger partial charge on any atom is -0.341 e. The van der Waals surface area contributed by atoms with Gasteiger partial charge in [-0.1, -0.05) is 18.2 Å². The van der Waals surface area contributed by atoms with Crippen LogP contribution in [0.1, 0.15) is 24.0 Å². The molecule has 0 unspecified atom stereocenters. The minimum atomic E-state index is 0.238. The van der Waals surface area contributed by atoms with Crippen LogP contribution in [-0.4, -0.2) is 52.7 Å². The van der Waals surface area contributed by atoms with Gasteiger partial charge in [0.15, 0.2) is 0 Å². The van der Waals surface area contributed by atoms with Gasteiger partial charge in [0.2, 0.25) is 11.9 Å². The normalized spacial score (nSPS) is 16.8. The summed E-state index contributed by atoms with van der Waals surface area (Å²) in [5, 5.41) is 0. The highest BCUT2D eigenvalue weighted by atomic mass is 32.2. The molecular formula is C23H26N4OS. The van der Waals surface area contributed by atoms with Crippen LogP contribution < -0.4 is 4.90 Å². The molecule has 2 aliphatic rings. The molecule has 150 valence electrons. The molecule has 0 bridgehead atoms. The van der Waals surface area contributed by atoms with Gasteiger partial charge in [0.05, 0.1) is 16.8 Å². The predicted molar refractivity (Wildman–Crippen MR) is 119 cm³/mol. The number of hydrogen-bond donors (Lipinski definition) is 1. The summed E-state index contributed by atoms with van der Waals surface area (Å²) in [6.07, 6.45) is 4.61. The first-order valence-corrected chi connectivity index (χ1v) is 11.5. The van der Waals surface area contributed by atoms with Crippen LogP contribution >= 0.6 is 11.8 Å². The van der Waals surface area contributed by atoms with E-state index in [1.165, 1.54) is 35.3 Å². The Morgan fingerprint density at radius 2 is 1.90 bits per heavy atom. The average Bonchev–Trinajstić information content (AvgIpc) is 3.31. The Bertz CT molecular complexity index is 998. The van der Waals surface area contributed by atoms with Gasteiger partial charge in [-0.05, 0) is 61.1 Å². The molecule has 6 heteroatoms.